The molecule has 128 valence electrons. The first-order valence-corrected chi connectivity index (χ1v) is 8.53. The maximum atomic E-state index is 11.8. The molecule has 0 aliphatic rings. The summed E-state index contributed by atoms with van der Waals surface area (Å²) >= 11 is 1.61. The smallest absolute Gasteiger partial charge is 0.408 e. The summed E-state index contributed by atoms with van der Waals surface area (Å²) in [4.78, 5) is 23.3. The van der Waals surface area contributed by atoms with Gasteiger partial charge in [0, 0.05) is 6.42 Å². The van der Waals surface area contributed by atoms with Gasteiger partial charge < -0.3 is 15.2 Å². The van der Waals surface area contributed by atoms with E-state index in [-0.39, 0.29) is 6.42 Å². The van der Waals surface area contributed by atoms with Crippen molar-refractivity contribution in [2.45, 2.75) is 38.8 Å². The summed E-state index contributed by atoms with van der Waals surface area (Å²) < 4.78 is 5.13. The Morgan fingerprint density at radius 3 is 2.58 bits per heavy atom. The first kappa shape index (κ1) is 18.0. The van der Waals surface area contributed by atoms with Crippen molar-refractivity contribution in [1.82, 2.24) is 5.32 Å². The van der Waals surface area contributed by atoms with E-state index in [0.29, 0.717) is 0 Å². The molecule has 1 unspecified atom stereocenters. The van der Waals surface area contributed by atoms with Crippen LogP contribution in [-0.4, -0.2) is 28.8 Å². The molecule has 0 aliphatic heterocycles. The van der Waals surface area contributed by atoms with Crippen molar-refractivity contribution < 1.29 is 19.4 Å². The van der Waals surface area contributed by atoms with Crippen molar-refractivity contribution in [1.29, 1.82) is 0 Å². The molecule has 0 fully saturated rings. The number of carbonyl (C=O) groups is 2. The van der Waals surface area contributed by atoms with Crippen molar-refractivity contribution >= 4 is 23.4 Å². The summed E-state index contributed by atoms with van der Waals surface area (Å²) in [6, 6.07) is 8.61. The van der Waals surface area contributed by atoms with Crippen LogP contribution in [0.4, 0.5) is 4.79 Å². The third-order valence-corrected chi connectivity index (χ3v) is 3.89. The summed E-state index contributed by atoms with van der Waals surface area (Å²) in [5.74, 6) is -1.10. The largest absolute Gasteiger partial charge is 0.480 e. The van der Waals surface area contributed by atoms with Gasteiger partial charge in [-0.05, 0) is 54.3 Å². The SMILES string of the molecule is CC(C)(C)OC(=O)NC(Cc1cccc(-c2ccsc2)c1)C(=O)O. The lowest BCUT2D eigenvalue weighted by Gasteiger charge is -2.22. The molecular formula is C18H21NO4S. The Balaban J connectivity index is 2.09. The van der Waals surface area contributed by atoms with Crippen LogP contribution in [-0.2, 0) is 16.0 Å². The van der Waals surface area contributed by atoms with Gasteiger partial charge in [-0.25, -0.2) is 9.59 Å². The second kappa shape index (κ2) is 7.49. The average molecular weight is 347 g/mol. The topological polar surface area (TPSA) is 75.6 Å². The molecule has 0 radical (unpaired) electrons. The Kier molecular flexibility index (Phi) is 5.62. The summed E-state index contributed by atoms with van der Waals surface area (Å²) in [7, 11) is 0. The maximum absolute atomic E-state index is 11.8. The molecular weight excluding hydrogens is 326 g/mol. The van der Waals surface area contributed by atoms with E-state index in [4.69, 9.17) is 4.74 Å². The van der Waals surface area contributed by atoms with Gasteiger partial charge in [0.15, 0.2) is 0 Å². The van der Waals surface area contributed by atoms with Crippen LogP contribution in [0.3, 0.4) is 0 Å². The molecule has 2 rings (SSSR count). The highest BCUT2D eigenvalue weighted by molar-refractivity contribution is 7.08. The van der Waals surface area contributed by atoms with Crippen LogP contribution in [0.1, 0.15) is 26.3 Å². The highest BCUT2D eigenvalue weighted by Gasteiger charge is 2.24. The molecule has 24 heavy (non-hydrogen) atoms. The van der Waals surface area contributed by atoms with Crippen LogP contribution in [0.5, 0.6) is 0 Å². The molecule has 2 N–H and O–H groups in total. The Morgan fingerprint density at radius 1 is 1.25 bits per heavy atom. The molecule has 1 amide bonds. The van der Waals surface area contributed by atoms with Crippen LogP contribution in [0.2, 0.25) is 0 Å². The Bertz CT molecular complexity index is 704. The van der Waals surface area contributed by atoms with Crippen LogP contribution in [0, 0.1) is 0 Å². The molecule has 1 aromatic heterocycles. The zero-order chi connectivity index (χ0) is 17.7. The number of nitrogens with one attached hydrogen (secondary N) is 1. The average Bonchev–Trinajstić information content (AvgIpc) is 2.99. The molecule has 1 heterocycles. The van der Waals surface area contributed by atoms with E-state index in [2.05, 4.69) is 5.32 Å². The Morgan fingerprint density at radius 2 is 2.00 bits per heavy atom. The highest BCUT2D eigenvalue weighted by Crippen LogP contribution is 2.23. The Labute approximate surface area is 145 Å². The second-order valence-electron chi connectivity index (χ2n) is 6.45. The number of rotatable bonds is 5. The molecule has 1 atom stereocenters. The van der Waals surface area contributed by atoms with Crippen LogP contribution in [0.25, 0.3) is 11.1 Å². The number of aliphatic carboxylic acids is 1. The first-order chi connectivity index (χ1) is 11.2. The lowest BCUT2D eigenvalue weighted by molar-refractivity contribution is -0.139. The van der Waals surface area contributed by atoms with Crippen molar-refractivity contribution in [3.05, 3.63) is 46.7 Å². The van der Waals surface area contributed by atoms with E-state index in [0.717, 1.165) is 16.7 Å². The number of alkyl carbamates (subject to hydrolysis) is 1. The van der Waals surface area contributed by atoms with E-state index in [1.807, 2.05) is 41.1 Å². The fourth-order valence-corrected chi connectivity index (χ4v) is 2.86. The second-order valence-corrected chi connectivity index (χ2v) is 7.23. The van der Waals surface area contributed by atoms with E-state index < -0.39 is 23.7 Å². The predicted molar refractivity (Wildman–Crippen MR) is 94.3 cm³/mol. The minimum atomic E-state index is -1.10. The fourth-order valence-electron chi connectivity index (χ4n) is 2.19. The molecule has 0 aliphatic carbocycles. The summed E-state index contributed by atoms with van der Waals surface area (Å²) in [5.41, 5.74) is 2.28. The van der Waals surface area contributed by atoms with Crippen LogP contribution < -0.4 is 5.32 Å². The van der Waals surface area contributed by atoms with Gasteiger partial charge in [-0.1, -0.05) is 24.3 Å². The number of carboxylic acid groups (broad SMARTS) is 1. The lowest BCUT2D eigenvalue weighted by atomic mass is 10.0. The fraction of sp³-hybridized carbons (Fsp3) is 0.333. The summed E-state index contributed by atoms with van der Waals surface area (Å²) in [5, 5.41) is 15.8. The number of hydrogen-bond donors (Lipinski definition) is 2. The maximum Gasteiger partial charge on any atom is 0.408 e. The van der Waals surface area contributed by atoms with Crippen molar-refractivity contribution in [2.24, 2.45) is 0 Å². The van der Waals surface area contributed by atoms with E-state index in [1.54, 1.807) is 32.1 Å². The molecule has 5 nitrogen and oxygen atoms in total. The highest BCUT2D eigenvalue weighted by atomic mass is 32.1. The first-order valence-electron chi connectivity index (χ1n) is 7.58. The van der Waals surface area contributed by atoms with Gasteiger partial charge >= 0.3 is 12.1 Å². The predicted octanol–water partition coefficient (Wildman–Crippen LogP) is 3.94. The van der Waals surface area contributed by atoms with E-state index >= 15 is 0 Å². The number of hydrogen-bond acceptors (Lipinski definition) is 4. The molecule has 6 heteroatoms. The van der Waals surface area contributed by atoms with Gasteiger partial charge in [0.25, 0.3) is 0 Å². The number of ether oxygens (including phenoxy) is 1. The molecule has 0 saturated heterocycles. The van der Waals surface area contributed by atoms with Gasteiger partial charge in [-0.3, -0.25) is 0 Å². The normalized spacial score (nSPS) is 12.5. The molecule has 0 saturated carbocycles. The van der Waals surface area contributed by atoms with Crippen LogP contribution in [0.15, 0.2) is 41.1 Å². The van der Waals surface area contributed by atoms with Gasteiger partial charge in [0.05, 0.1) is 0 Å². The third-order valence-electron chi connectivity index (χ3n) is 3.21. The number of amides is 1. The van der Waals surface area contributed by atoms with Gasteiger partial charge in [0.2, 0.25) is 0 Å². The monoisotopic (exact) mass is 347 g/mol. The minimum Gasteiger partial charge on any atom is -0.480 e. The third kappa shape index (κ3) is 5.38. The quantitative estimate of drug-likeness (QED) is 0.859. The molecule has 0 spiro atoms. The van der Waals surface area contributed by atoms with E-state index in [9.17, 15) is 14.7 Å². The number of carboxylic acids is 1. The van der Waals surface area contributed by atoms with Crippen LogP contribution >= 0.6 is 11.3 Å². The Hall–Kier alpha value is -2.34. The van der Waals surface area contributed by atoms with Crippen molar-refractivity contribution in [3.63, 3.8) is 0 Å². The van der Waals surface area contributed by atoms with Gasteiger partial charge in [0.1, 0.15) is 11.6 Å². The van der Waals surface area contributed by atoms with Gasteiger partial charge in [-0.15, -0.1) is 0 Å². The summed E-state index contributed by atoms with van der Waals surface area (Å²) in [6.45, 7) is 5.19. The van der Waals surface area contributed by atoms with E-state index in [1.165, 1.54) is 0 Å². The number of thiophene rings is 1. The number of carbonyl (C=O) groups excluding carboxylic acids is 1. The lowest BCUT2D eigenvalue weighted by Crippen LogP contribution is -2.44. The zero-order valence-corrected chi connectivity index (χ0v) is 14.7. The van der Waals surface area contributed by atoms with Gasteiger partial charge in [-0.2, -0.15) is 11.3 Å². The standard InChI is InChI=1S/C18H21NO4S/c1-18(2,3)23-17(22)19-15(16(20)21)10-12-5-4-6-13(9-12)14-7-8-24-11-14/h4-9,11,15H,10H2,1-3H3,(H,19,22)(H,20,21). The zero-order valence-electron chi connectivity index (χ0n) is 13.9. The number of benzene rings is 1. The minimum absolute atomic E-state index is 0.187. The van der Waals surface area contributed by atoms with Crippen molar-refractivity contribution in [3.8, 4) is 11.1 Å². The molecule has 0 bridgehead atoms. The molecule has 2 aromatic rings. The van der Waals surface area contributed by atoms with Crippen molar-refractivity contribution in [2.75, 3.05) is 0 Å². The molecule has 1 aromatic carbocycles. The summed E-state index contributed by atoms with van der Waals surface area (Å²) in [6.07, 6.45) is -0.545.